The number of hydrogen-bond donors (Lipinski definition) is 0. The van der Waals surface area contributed by atoms with Gasteiger partial charge in [-0.25, -0.2) is 0 Å². The topological polar surface area (TPSA) is 26.3 Å². The number of esters is 1. The molecule has 0 N–H and O–H groups in total. The lowest BCUT2D eigenvalue weighted by Crippen LogP contribution is -2.02. The van der Waals surface area contributed by atoms with Gasteiger partial charge in [-0.05, 0) is 37.8 Å². The monoisotopic (exact) mass is 258 g/mol. The molecule has 0 saturated heterocycles. The first-order valence-corrected chi connectivity index (χ1v) is 6.89. The summed E-state index contributed by atoms with van der Waals surface area (Å²) in [7, 11) is 0. The number of carbonyl (C=O) groups is 1. The van der Waals surface area contributed by atoms with Crippen LogP contribution in [0, 0.1) is 18.8 Å². The number of ether oxygens (including phenoxy) is 1. The molecule has 1 aromatic rings. The zero-order valence-corrected chi connectivity index (χ0v) is 12.3. The number of carbonyl (C=O) groups excluding carboxylic acids is 1. The van der Waals surface area contributed by atoms with Crippen LogP contribution in [-0.2, 0) is 22.4 Å². The molecule has 0 unspecified atom stereocenters. The number of benzene rings is 1. The van der Waals surface area contributed by atoms with Gasteiger partial charge in [0.2, 0.25) is 0 Å². The van der Waals surface area contributed by atoms with Crippen molar-refractivity contribution in [3.8, 4) is 11.8 Å². The predicted molar refractivity (Wildman–Crippen MR) is 78.1 cm³/mol. The first-order chi connectivity index (χ1) is 9.12. The summed E-state index contributed by atoms with van der Waals surface area (Å²) in [6, 6.07) is 4.35. The van der Waals surface area contributed by atoms with Crippen LogP contribution in [0.5, 0.6) is 0 Å². The van der Waals surface area contributed by atoms with Crippen LogP contribution in [0.4, 0.5) is 0 Å². The molecule has 0 amide bonds. The summed E-state index contributed by atoms with van der Waals surface area (Å²) >= 11 is 0. The molecule has 0 aromatic heterocycles. The maximum Gasteiger partial charge on any atom is 0.317 e. The maximum absolute atomic E-state index is 11.3. The van der Waals surface area contributed by atoms with Gasteiger partial charge in [-0.2, -0.15) is 0 Å². The molecule has 1 aromatic carbocycles. The summed E-state index contributed by atoms with van der Waals surface area (Å²) in [5.74, 6) is 5.83. The highest BCUT2D eigenvalue weighted by atomic mass is 16.5. The lowest BCUT2D eigenvalue weighted by Gasteiger charge is -2.09. The molecule has 0 radical (unpaired) electrons. The number of rotatable bonds is 4. The van der Waals surface area contributed by atoms with Crippen molar-refractivity contribution >= 4 is 5.97 Å². The van der Waals surface area contributed by atoms with Crippen molar-refractivity contribution in [2.24, 2.45) is 0 Å². The molecule has 2 heteroatoms. The molecule has 0 aliphatic heterocycles. The van der Waals surface area contributed by atoms with Crippen molar-refractivity contribution in [1.29, 1.82) is 0 Å². The molecular weight excluding hydrogens is 236 g/mol. The molecule has 0 aliphatic rings. The van der Waals surface area contributed by atoms with Gasteiger partial charge in [0.05, 0.1) is 6.61 Å². The van der Waals surface area contributed by atoms with Crippen molar-refractivity contribution in [3.05, 3.63) is 34.4 Å². The van der Waals surface area contributed by atoms with E-state index in [1.54, 1.807) is 6.92 Å². The Bertz CT molecular complexity index is 479. The third kappa shape index (κ3) is 4.44. The van der Waals surface area contributed by atoms with E-state index in [1.165, 1.54) is 16.7 Å². The second-order valence-electron chi connectivity index (χ2n) is 4.45. The summed E-state index contributed by atoms with van der Waals surface area (Å²) in [6.07, 6.45) is 2.07. The van der Waals surface area contributed by atoms with Gasteiger partial charge in [0.15, 0.2) is 0 Å². The molecule has 0 heterocycles. The molecule has 0 aliphatic carbocycles. The van der Waals surface area contributed by atoms with E-state index < -0.39 is 0 Å². The van der Waals surface area contributed by atoms with Gasteiger partial charge in [0.25, 0.3) is 0 Å². The van der Waals surface area contributed by atoms with Crippen molar-refractivity contribution < 1.29 is 9.53 Å². The van der Waals surface area contributed by atoms with Gasteiger partial charge in [-0.3, -0.25) is 4.79 Å². The van der Waals surface area contributed by atoms with Gasteiger partial charge in [-0.15, -0.1) is 0 Å². The van der Waals surface area contributed by atoms with Crippen LogP contribution in [0.25, 0.3) is 0 Å². The highest BCUT2D eigenvalue weighted by Crippen LogP contribution is 2.18. The van der Waals surface area contributed by atoms with Crippen LogP contribution in [0.1, 0.15) is 49.4 Å². The standard InChI is InChI=1S/C17H22O2/c1-5-14-11-13(4)12-15(6-2)16(14)9-8-10-17(18)19-7-3/h11-12H,5-7,10H2,1-4H3. The van der Waals surface area contributed by atoms with E-state index in [1.807, 2.05) is 0 Å². The van der Waals surface area contributed by atoms with Crippen molar-refractivity contribution in [2.45, 2.75) is 47.0 Å². The molecular formula is C17H22O2. The first kappa shape index (κ1) is 15.3. The Morgan fingerprint density at radius 3 is 2.21 bits per heavy atom. The van der Waals surface area contributed by atoms with Gasteiger partial charge in [0.1, 0.15) is 6.42 Å². The number of aryl methyl sites for hydroxylation is 3. The normalized spacial score (nSPS) is 9.68. The van der Waals surface area contributed by atoms with Crippen LogP contribution in [-0.4, -0.2) is 12.6 Å². The quantitative estimate of drug-likeness (QED) is 0.611. The summed E-state index contributed by atoms with van der Waals surface area (Å²) in [4.78, 5) is 11.3. The molecule has 0 spiro atoms. The molecule has 0 atom stereocenters. The van der Waals surface area contributed by atoms with Gasteiger partial charge >= 0.3 is 5.97 Å². The van der Waals surface area contributed by atoms with E-state index in [2.05, 4.69) is 44.7 Å². The minimum Gasteiger partial charge on any atom is -0.465 e. The van der Waals surface area contributed by atoms with Crippen LogP contribution in [0.15, 0.2) is 12.1 Å². The molecule has 102 valence electrons. The average Bonchev–Trinajstić information content (AvgIpc) is 2.39. The van der Waals surface area contributed by atoms with Crippen molar-refractivity contribution in [2.75, 3.05) is 6.61 Å². The van der Waals surface area contributed by atoms with E-state index in [9.17, 15) is 4.79 Å². The van der Waals surface area contributed by atoms with Gasteiger partial charge in [-0.1, -0.05) is 43.4 Å². The summed E-state index contributed by atoms with van der Waals surface area (Å²) < 4.78 is 4.87. The fraction of sp³-hybridized carbons (Fsp3) is 0.471. The van der Waals surface area contributed by atoms with Crippen molar-refractivity contribution in [3.63, 3.8) is 0 Å². The molecule has 0 bridgehead atoms. The number of hydrogen-bond acceptors (Lipinski definition) is 2. The lowest BCUT2D eigenvalue weighted by molar-refractivity contribution is -0.141. The van der Waals surface area contributed by atoms with E-state index in [0.29, 0.717) is 6.61 Å². The van der Waals surface area contributed by atoms with Gasteiger partial charge in [0, 0.05) is 5.56 Å². The second-order valence-corrected chi connectivity index (χ2v) is 4.45. The molecule has 0 saturated carbocycles. The highest BCUT2D eigenvalue weighted by Gasteiger charge is 2.05. The first-order valence-electron chi connectivity index (χ1n) is 6.89. The second kappa shape index (κ2) is 7.63. The van der Waals surface area contributed by atoms with Crippen LogP contribution < -0.4 is 0 Å². The largest absolute Gasteiger partial charge is 0.465 e. The third-order valence-electron chi connectivity index (χ3n) is 2.96. The third-order valence-corrected chi connectivity index (χ3v) is 2.96. The van der Waals surface area contributed by atoms with E-state index >= 15 is 0 Å². The Labute approximate surface area is 116 Å². The zero-order chi connectivity index (χ0) is 14.3. The highest BCUT2D eigenvalue weighted by molar-refractivity contribution is 5.72. The Hall–Kier alpha value is -1.75. The maximum atomic E-state index is 11.3. The SMILES string of the molecule is CCOC(=O)CC#Cc1c(CC)cc(C)cc1CC. The Kier molecular flexibility index (Phi) is 6.15. The molecule has 0 fully saturated rings. The van der Waals surface area contributed by atoms with Crippen LogP contribution >= 0.6 is 0 Å². The fourth-order valence-electron chi connectivity index (χ4n) is 2.08. The molecule has 2 nitrogen and oxygen atoms in total. The Morgan fingerprint density at radius 2 is 1.74 bits per heavy atom. The lowest BCUT2D eigenvalue weighted by atomic mass is 9.95. The molecule has 1 rings (SSSR count). The van der Waals surface area contributed by atoms with Gasteiger partial charge < -0.3 is 4.74 Å². The zero-order valence-electron chi connectivity index (χ0n) is 12.3. The van der Waals surface area contributed by atoms with E-state index in [0.717, 1.165) is 18.4 Å². The van der Waals surface area contributed by atoms with Crippen molar-refractivity contribution in [1.82, 2.24) is 0 Å². The minimum atomic E-state index is -0.252. The summed E-state index contributed by atoms with van der Waals surface area (Å²) in [6.45, 7) is 8.57. The average molecular weight is 258 g/mol. The minimum absolute atomic E-state index is 0.161. The summed E-state index contributed by atoms with van der Waals surface area (Å²) in [5, 5.41) is 0. The Balaban J connectivity index is 2.99. The fourth-order valence-corrected chi connectivity index (χ4v) is 2.08. The molecule has 19 heavy (non-hydrogen) atoms. The van der Waals surface area contributed by atoms with E-state index in [4.69, 9.17) is 4.74 Å². The van der Waals surface area contributed by atoms with Crippen LogP contribution in [0.3, 0.4) is 0 Å². The summed E-state index contributed by atoms with van der Waals surface area (Å²) in [5.41, 5.74) is 4.87. The Morgan fingerprint density at radius 1 is 1.16 bits per heavy atom. The predicted octanol–water partition coefficient (Wildman–Crippen LogP) is 3.42. The van der Waals surface area contributed by atoms with E-state index in [-0.39, 0.29) is 12.4 Å². The van der Waals surface area contributed by atoms with Crippen LogP contribution in [0.2, 0.25) is 0 Å². The smallest absolute Gasteiger partial charge is 0.317 e.